The summed E-state index contributed by atoms with van der Waals surface area (Å²) in [6.07, 6.45) is 0. The van der Waals surface area contributed by atoms with Gasteiger partial charge >= 0.3 is 5.97 Å². The second-order valence-corrected chi connectivity index (χ2v) is 6.18. The lowest BCUT2D eigenvalue weighted by molar-refractivity contribution is -0.385. The standard InChI is InChI=1S/C20H22N2O7/c1-12-15(6-5-7-17(12)22(25)26)20(24)29-11-19(23)21-13(2)16-10-14(27-3)8-9-18(16)28-4/h5-10,13H,11H2,1-4H3,(H,21,23)/t13-/m0/s1. The van der Waals surface area contributed by atoms with Crippen LogP contribution >= 0.6 is 0 Å². The number of rotatable bonds is 8. The smallest absolute Gasteiger partial charge is 0.339 e. The molecular formula is C20H22N2O7. The number of nitrogens with one attached hydrogen (secondary N) is 1. The van der Waals surface area contributed by atoms with Crippen LogP contribution in [0.1, 0.15) is 34.5 Å². The highest BCUT2D eigenvalue weighted by Crippen LogP contribution is 2.29. The molecule has 0 aliphatic rings. The van der Waals surface area contributed by atoms with Gasteiger partial charge in [-0.15, -0.1) is 0 Å². The van der Waals surface area contributed by atoms with Crippen LogP contribution in [0.4, 0.5) is 5.69 Å². The number of carbonyl (C=O) groups is 2. The molecule has 0 bridgehead atoms. The lowest BCUT2D eigenvalue weighted by Gasteiger charge is -2.18. The minimum absolute atomic E-state index is 0.0366. The van der Waals surface area contributed by atoms with Crippen LogP contribution in [0.3, 0.4) is 0 Å². The SMILES string of the molecule is COc1ccc(OC)c([C@H](C)NC(=O)COC(=O)c2cccc([N+](=O)[O-])c2C)c1. The summed E-state index contributed by atoms with van der Waals surface area (Å²) in [6, 6.07) is 8.85. The number of hydrogen-bond donors (Lipinski definition) is 1. The molecule has 1 amide bonds. The molecule has 0 spiro atoms. The molecule has 9 heteroatoms. The fourth-order valence-electron chi connectivity index (χ4n) is 2.79. The highest BCUT2D eigenvalue weighted by atomic mass is 16.6. The Hall–Kier alpha value is -3.62. The summed E-state index contributed by atoms with van der Waals surface area (Å²) < 4.78 is 15.5. The van der Waals surface area contributed by atoms with Gasteiger partial charge in [-0.25, -0.2) is 4.79 Å². The predicted octanol–water partition coefficient (Wildman–Crippen LogP) is 2.95. The minimum Gasteiger partial charge on any atom is -0.497 e. The van der Waals surface area contributed by atoms with E-state index >= 15 is 0 Å². The molecule has 0 saturated heterocycles. The Bertz CT molecular complexity index is 927. The molecule has 9 nitrogen and oxygen atoms in total. The van der Waals surface area contributed by atoms with Crippen molar-refractivity contribution in [2.24, 2.45) is 0 Å². The number of nitro groups is 1. The van der Waals surface area contributed by atoms with Crippen molar-refractivity contribution >= 4 is 17.6 Å². The molecule has 0 saturated carbocycles. The van der Waals surface area contributed by atoms with E-state index in [0.29, 0.717) is 17.1 Å². The molecule has 0 radical (unpaired) electrons. The van der Waals surface area contributed by atoms with Crippen LogP contribution in [-0.2, 0) is 9.53 Å². The Balaban J connectivity index is 2.02. The van der Waals surface area contributed by atoms with Crippen LogP contribution in [0.2, 0.25) is 0 Å². The summed E-state index contributed by atoms with van der Waals surface area (Å²) >= 11 is 0. The summed E-state index contributed by atoms with van der Waals surface area (Å²) in [7, 11) is 3.05. The molecule has 154 valence electrons. The van der Waals surface area contributed by atoms with Gasteiger partial charge in [0.25, 0.3) is 11.6 Å². The largest absolute Gasteiger partial charge is 0.497 e. The molecule has 0 aromatic heterocycles. The van der Waals surface area contributed by atoms with Gasteiger partial charge in [-0.1, -0.05) is 6.07 Å². The third-order valence-electron chi connectivity index (χ3n) is 4.34. The third-order valence-corrected chi connectivity index (χ3v) is 4.34. The zero-order valence-electron chi connectivity index (χ0n) is 16.6. The van der Waals surface area contributed by atoms with E-state index in [9.17, 15) is 19.7 Å². The number of nitro benzene ring substituents is 1. The maximum atomic E-state index is 12.2. The van der Waals surface area contributed by atoms with Crippen molar-refractivity contribution in [1.29, 1.82) is 0 Å². The number of carbonyl (C=O) groups excluding carboxylic acids is 2. The van der Waals surface area contributed by atoms with Crippen LogP contribution < -0.4 is 14.8 Å². The Morgan fingerprint density at radius 3 is 2.52 bits per heavy atom. The summed E-state index contributed by atoms with van der Waals surface area (Å²) in [5.74, 6) is -0.163. The zero-order chi connectivity index (χ0) is 21.6. The lowest BCUT2D eigenvalue weighted by Crippen LogP contribution is -2.31. The molecule has 0 unspecified atom stereocenters. The van der Waals surface area contributed by atoms with Crippen LogP contribution in [-0.4, -0.2) is 37.6 Å². The lowest BCUT2D eigenvalue weighted by atomic mass is 10.1. The van der Waals surface area contributed by atoms with E-state index in [-0.39, 0.29) is 16.8 Å². The van der Waals surface area contributed by atoms with Crippen molar-refractivity contribution in [3.05, 3.63) is 63.2 Å². The molecule has 1 atom stereocenters. The molecule has 0 aliphatic heterocycles. The maximum absolute atomic E-state index is 12.2. The number of ether oxygens (including phenoxy) is 3. The van der Waals surface area contributed by atoms with Crippen molar-refractivity contribution in [2.45, 2.75) is 19.9 Å². The van der Waals surface area contributed by atoms with Crippen molar-refractivity contribution < 1.29 is 28.7 Å². The van der Waals surface area contributed by atoms with Crippen LogP contribution in [0.25, 0.3) is 0 Å². The number of amides is 1. The summed E-state index contributed by atoms with van der Waals surface area (Å²) in [4.78, 5) is 34.8. The normalized spacial score (nSPS) is 11.3. The first kappa shape index (κ1) is 21.7. The number of benzene rings is 2. The van der Waals surface area contributed by atoms with Crippen LogP contribution in [0.15, 0.2) is 36.4 Å². The van der Waals surface area contributed by atoms with Gasteiger partial charge in [0.05, 0.1) is 30.7 Å². The first-order valence-corrected chi connectivity index (χ1v) is 8.70. The van der Waals surface area contributed by atoms with E-state index in [4.69, 9.17) is 14.2 Å². The summed E-state index contributed by atoms with van der Waals surface area (Å²) in [5.41, 5.74) is 0.718. The first-order chi connectivity index (χ1) is 13.8. The van der Waals surface area contributed by atoms with Crippen molar-refractivity contribution in [3.8, 4) is 11.5 Å². The molecule has 1 N–H and O–H groups in total. The van der Waals surface area contributed by atoms with Gasteiger partial charge in [0.15, 0.2) is 6.61 Å². The number of hydrogen-bond acceptors (Lipinski definition) is 7. The highest BCUT2D eigenvalue weighted by Gasteiger charge is 2.21. The monoisotopic (exact) mass is 402 g/mol. The van der Waals surface area contributed by atoms with Gasteiger partial charge in [0.1, 0.15) is 11.5 Å². The molecule has 0 fully saturated rings. The van der Waals surface area contributed by atoms with E-state index < -0.39 is 29.4 Å². The number of nitrogens with zero attached hydrogens (tertiary/aromatic N) is 1. The average molecular weight is 402 g/mol. The molecule has 0 heterocycles. The molecular weight excluding hydrogens is 380 g/mol. The fourth-order valence-corrected chi connectivity index (χ4v) is 2.79. The highest BCUT2D eigenvalue weighted by molar-refractivity contribution is 5.93. The third kappa shape index (κ3) is 5.22. The molecule has 29 heavy (non-hydrogen) atoms. The van der Waals surface area contributed by atoms with E-state index in [1.54, 1.807) is 25.1 Å². The topological polar surface area (TPSA) is 117 Å². The van der Waals surface area contributed by atoms with E-state index in [1.807, 2.05) is 0 Å². The summed E-state index contributed by atoms with van der Waals surface area (Å²) in [6.45, 7) is 2.67. The van der Waals surface area contributed by atoms with Crippen molar-refractivity contribution in [3.63, 3.8) is 0 Å². The Labute approximate surface area is 167 Å². The molecule has 2 aromatic carbocycles. The second kappa shape index (κ2) is 9.54. The quantitative estimate of drug-likeness (QED) is 0.410. The van der Waals surface area contributed by atoms with Gasteiger partial charge in [-0.2, -0.15) is 0 Å². The van der Waals surface area contributed by atoms with Gasteiger partial charge in [-0.05, 0) is 38.1 Å². The van der Waals surface area contributed by atoms with Gasteiger partial charge in [0, 0.05) is 17.2 Å². The van der Waals surface area contributed by atoms with Crippen molar-refractivity contribution in [1.82, 2.24) is 5.32 Å². The van der Waals surface area contributed by atoms with E-state index in [1.165, 1.54) is 39.3 Å². The van der Waals surface area contributed by atoms with Crippen LogP contribution in [0.5, 0.6) is 11.5 Å². The molecule has 2 aromatic rings. The molecule has 0 aliphatic carbocycles. The second-order valence-electron chi connectivity index (χ2n) is 6.18. The predicted molar refractivity (Wildman–Crippen MR) is 104 cm³/mol. The average Bonchev–Trinajstić information content (AvgIpc) is 2.71. The minimum atomic E-state index is -0.812. The fraction of sp³-hybridized carbons (Fsp3) is 0.300. The number of methoxy groups -OCH3 is 2. The summed E-state index contributed by atoms with van der Waals surface area (Å²) in [5, 5.41) is 13.7. The van der Waals surface area contributed by atoms with Crippen molar-refractivity contribution in [2.75, 3.05) is 20.8 Å². The Morgan fingerprint density at radius 2 is 1.90 bits per heavy atom. The zero-order valence-corrected chi connectivity index (χ0v) is 16.6. The van der Waals surface area contributed by atoms with Gasteiger partial charge in [0.2, 0.25) is 0 Å². The van der Waals surface area contributed by atoms with E-state index in [0.717, 1.165) is 0 Å². The number of esters is 1. The molecule has 2 rings (SSSR count). The Kier molecular flexibility index (Phi) is 7.13. The maximum Gasteiger partial charge on any atom is 0.339 e. The van der Waals surface area contributed by atoms with E-state index in [2.05, 4.69) is 5.32 Å². The van der Waals surface area contributed by atoms with Gasteiger partial charge in [-0.3, -0.25) is 14.9 Å². The van der Waals surface area contributed by atoms with Gasteiger partial charge < -0.3 is 19.5 Å². The van der Waals surface area contributed by atoms with Crippen LogP contribution in [0, 0.1) is 17.0 Å². The Morgan fingerprint density at radius 1 is 1.17 bits per heavy atom. The first-order valence-electron chi connectivity index (χ1n) is 8.70.